The molecule has 2 atom stereocenters. The zero-order valence-corrected chi connectivity index (χ0v) is 11.9. The van der Waals surface area contributed by atoms with Gasteiger partial charge in [0.25, 0.3) is 0 Å². The lowest BCUT2D eigenvalue weighted by Gasteiger charge is -2.12. The van der Waals surface area contributed by atoms with E-state index in [4.69, 9.17) is 4.74 Å². The molecular formula is C15H18N2O4. The van der Waals surface area contributed by atoms with Gasteiger partial charge in [0.2, 0.25) is 11.9 Å². The Bertz CT molecular complexity index is 555. The highest BCUT2D eigenvalue weighted by molar-refractivity contribution is 5.98. The van der Waals surface area contributed by atoms with Gasteiger partial charge >= 0.3 is 0 Å². The fourth-order valence-electron chi connectivity index (χ4n) is 2.39. The van der Waals surface area contributed by atoms with Crippen molar-refractivity contribution in [2.24, 2.45) is 5.41 Å². The molecule has 0 heterocycles. The first kappa shape index (κ1) is 15.0. The minimum atomic E-state index is -0.860. The molecule has 6 nitrogen and oxygen atoms in total. The highest BCUT2D eigenvalue weighted by atomic mass is 16.6. The van der Waals surface area contributed by atoms with Crippen LogP contribution in [0.2, 0.25) is 0 Å². The average Bonchev–Trinajstić information content (AvgIpc) is 3.23. The summed E-state index contributed by atoms with van der Waals surface area (Å²) in [5.41, 5.74) is -0.255. The van der Waals surface area contributed by atoms with Crippen LogP contribution in [0.1, 0.15) is 19.8 Å². The molecule has 0 spiro atoms. The number of carbonyl (C=O) groups excluding carboxylic acids is 1. The summed E-state index contributed by atoms with van der Waals surface area (Å²) >= 11 is 0. The predicted octanol–water partition coefficient (Wildman–Crippen LogP) is 2.64. The summed E-state index contributed by atoms with van der Waals surface area (Å²) in [6.45, 7) is 5.77. The summed E-state index contributed by atoms with van der Waals surface area (Å²) in [7, 11) is 0. The van der Waals surface area contributed by atoms with Gasteiger partial charge in [0.1, 0.15) is 17.8 Å². The molecule has 0 bridgehead atoms. The van der Waals surface area contributed by atoms with E-state index >= 15 is 0 Å². The van der Waals surface area contributed by atoms with Crippen LogP contribution in [0.4, 0.5) is 5.69 Å². The summed E-state index contributed by atoms with van der Waals surface area (Å²) in [5.74, 6) is 0.388. The van der Waals surface area contributed by atoms with Gasteiger partial charge in [-0.3, -0.25) is 14.9 Å². The van der Waals surface area contributed by atoms with Crippen molar-refractivity contribution in [1.29, 1.82) is 0 Å². The Morgan fingerprint density at radius 2 is 2.24 bits per heavy atom. The molecular weight excluding hydrogens is 272 g/mol. The number of benzene rings is 1. The lowest BCUT2D eigenvalue weighted by atomic mass is 10.0. The van der Waals surface area contributed by atoms with Crippen LogP contribution >= 0.6 is 0 Å². The number of anilines is 1. The van der Waals surface area contributed by atoms with Crippen molar-refractivity contribution >= 4 is 11.6 Å². The topological polar surface area (TPSA) is 81.5 Å². The Balaban J connectivity index is 2.00. The number of amides is 1. The van der Waals surface area contributed by atoms with Gasteiger partial charge in [0, 0.05) is 17.0 Å². The number of ether oxygens (including phenoxy) is 1. The maximum absolute atomic E-state index is 12.2. The van der Waals surface area contributed by atoms with Crippen LogP contribution in [-0.4, -0.2) is 23.5 Å². The molecule has 1 aromatic carbocycles. The Morgan fingerprint density at radius 3 is 2.71 bits per heavy atom. The summed E-state index contributed by atoms with van der Waals surface area (Å²) in [6.07, 6.45) is 2.42. The van der Waals surface area contributed by atoms with Crippen molar-refractivity contribution in [3.63, 3.8) is 0 Å². The normalized spacial score (nSPS) is 23.2. The Morgan fingerprint density at radius 1 is 1.57 bits per heavy atom. The van der Waals surface area contributed by atoms with E-state index in [-0.39, 0.29) is 10.8 Å². The molecule has 1 aromatic rings. The fraction of sp³-hybridized carbons (Fsp3) is 0.400. The Labute approximate surface area is 122 Å². The van der Waals surface area contributed by atoms with E-state index in [2.05, 4.69) is 11.9 Å². The highest BCUT2D eigenvalue weighted by Gasteiger charge is 2.67. The third-order valence-electron chi connectivity index (χ3n) is 3.85. The Kier molecular flexibility index (Phi) is 4.26. The van der Waals surface area contributed by atoms with Crippen LogP contribution in [0, 0.1) is 15.5 Å². The third-order valence-corrected chi connectivity index (χ3v) is 3.85. The maximum Gasteiger partial charge on any atom is 0.237 e. The molecule has 0 aromatic heterocycles. The van der Waals surface area contributed by atoms with Crippen molar-refractivity contribution in [2.45, 2.75) is 25.8 Å². The summed E-state index contributed by atoms with van der Waals surface area (Å²) in [5, 5.41) is 13.6. The number of hydrogen-bond donors (Lipinski definition) is 1. The van der Waals surface area contributed by atoms with Gasteiger partial charge < -0.3 is 10.1 Å². The van der Waals surface area contributed by atoms with Crippen LogP contribution in [0.25, 0.3) is 0 Å². The summed E-state index contributed by atoms with van der Waals surface area (Å²) < 4.78 is 5.34. The van der Waals surface area contributed by atoms with Crippen LogP contribution < -0.4 is 10.1 Å². The molecule has 1 N–H and O–H groups in total. The van der Waals surface area contributed by atoms with Crippen molar-refractivity contribution < 1.29 is 14.5 Å². The molecule has 21 heavy (non-hydrogen) atoms. The van der Waals surface area contributed by atoms with Gasteiger partial charge in [-0.1, -0.05) is 19.6 Å². The standard InChI is InChI=1S/C15H18N2O4/c1-3-9-21-12-7-5-11(6-8-12)16-14(18)15(4-2)10-13(15)17(19)20/h3,5-8,13H,1,4,9-10H2,2H3,(H,16,18). The first-order valence-electron chi connectivity index (χ1n) is 6.82. The van der Waals surface area contributed by atoms with Gasteiger partial charge in [0.05, 0.1) is 0 Å². The summed E-state index contributed by atoms with van der Waals surface area (Å²) in [6, 6.07) is 6.12. The van der Waals surface area contributed by atoms with E-state index in [0.29, 0.717) is 30.9 Å². The monoisotopic (exact) mass is 290 g/mol. The molecule has 2 rings (SSSR count). The second-order valence-corrected chi connectivity index (χ2v) is 5.09. The van der Waals surface area contributed by atoms with Gasteiger partial charge in [-0.2, -0.15) is 0 Å². The van der Waals surface area contributed by atoms with E-state index in [1.807, 2.05) is 0 Å². The molecule has 6 heteroatoms. The van der Waals surface area contributed by atoms with Crippen molar-refractivity contribution in [3.8, 4) is 5.75 Å². The number of nitro groups is 1. The first-order chi connectivity index (χ1) is 10.0. The van der Waals surface area contributed by atoms with E-state index in [1.54, 1.807) is 37.3 Å². The lowest BCUT2D eigenvalue weighted by Crippen LogP contribution is -2.29. The predicted molar refractivity (Wildman–Crippen MR) is 78.9 cm³/mol. The Hall–Kier alpha value is -2.37. The largest absolute Gasteiger partial charge is 0.490 e. The number of carbonyl (C=O) groups is 1. The van der Waals surface area contributed by atoms with Crippen LogP contribution in [0.5, 0.6) is 5.75 Å². The van der Waals surface area contributed by atoms with Crippen LogP contribution in [0.3, 0.4) is 0 Å². The molecule has 1 saturated carbocycles. The van der Waals surface area contributed by atoms with Crippen LogP contribution in [-0.2, 0) is 4.79 Å². The highest BCUT2D eigenvalue weighted by Crippen LogP contribution is 2.51. The molecule has 1 amide bonds. The molecule has 2 unspecified atom stereocenters. The van der Waals surface area contributed by atoms with E-state index < -0.39 is 11.5 Å². The van der Waals surface area contributed by atoms with Gasteiger partial charge in [-0.15, -0.1) is 0 Å². The average molecular weight is 290 g/mol. The SMILES string of the molecule is C=CCOc1ccc(NC(=O)C2(CC)CC2[N+](=O)[O-])cc1. The number of nitrogens with zero attached hydrogens (tertiary/aromatic N) is 1. The smallest absolute Gasteiger partial charge is 0.237 e. The third kappa shape index (κ3) is 3.04. The lowest BCUT2D eigenvalue weighted by molar-refractivity contribution is -0.501. The first-order valence-corrected chi connectivity index (χ1v) is 6.82. The zero-order chi connectivity index (χ0) is 15.5. The van der Waals surface area contributed by atoms with Crippen molar-refractivity contribution in [1.82, 2.24) is 0 Å². The molecule has 0 radical (unpaired) electrons. The van der Waals surface area contributed by atoms with E-state index in [9.17, 15) is 14.9 Å². The molecule has 1 fully saturated rings. The second-order valence-electron chi connectivity index (χ2n) is 5.09. The van der Waals surface area contributed by atoms with Gasteiger partial charge in [-0.25, -0.2) is 0 Å². The van der Waals surface area contributed by atoms with Gasteiger partial charge in [0.15, 0.2) is 0 Å². The fourth-order valence-corrected chi connectivity index (χ4v) is 2.39. The second kappa shape index (κ2) is 5.95. The number of nitrogens with one attached hydrogen (secondary N) is 1. The van der Waals surface area contributed by atoms with E-state index in [1.165, 1.54) is 0 Å². The molecule has 1 aliphatic carbocycles. The quantitative estimate of drug-likeness (QED) is 0.475. The molecule has 112 valence electrons. The molecule has 1 aliphatic rings. The number of rotatable bonds is 7. The molecule has 0 saturated heterocycles. The van der Waals surface area contributed by atoms with Gasteiger partial charge in [-0.05, 0) is 30.7 Å². The van der Waals surface area contributed by atoms with Crippen molar-refractivity contribution in [3.05, 3.63) is 47.0 Å². The van der Waals surface area contributed by atoms with E-state index in [0.717, 1.165) is 0 Å². The minimum absolute atomic E-state index is 0.286. The summed E-state index contributed by atoms with van der Waals surface area (Å²) in [4.78, 5) is 22.7. The van der Waals surface area contributed by atoms with Crippen molar-refractivity contribution in [2.75, 3.05) is 11.9 Å². The zero-order valence-electron chi connectivity index (χ0n) is 11.9. The van der Waals surface area contributed by atoms with Crippen LogP contribution in [0.15, 0.2) is 36.9 Å². The molecule has 0 aliphatic heterocycles. The maximum atomic E-state index is 12.2. The minimum Gasteiger partial charge on any atom is -0.490 e. The number of hydrogen-bond acceptors (Lipinski definition) is 4.